The van der Waals surface area contributed by atoms with Crippen molar-refractivity contribution in [2.24, 2.45) is 5.73 Å². The lowest BCUT2D eigenvalue weighted by atomic mass is 9.93. The predicted octanol–water partition coefficient (Wildman–Crippen LogP) is 4.97. The number of ether oxygens (including phenoxy) is 1. The third kappa shape index (κ3) is 3.60. The van der Waals surface area contributed by atoms with E-state index >= 15 is 0 Å². The van der Waals surface area contributed by atoms with Crippen LogP contribution in [0.1, 0.15) is 28.3 Å². The lowest BCUT2D eigenvalue weighted by molar-refractivity contribution is 0.401. The van der Waals surface area contributed by atoms with Gasteiger partial charge in [-0.15, -0.1) is 0 Å². The molecule has 0 saturated carbocycles. The maximum absolute atomic E-state index is 6.45. The summed E-state index contributed by atoms with van der Waals surface area (Å²) >= 11 is 9.63. The van der Waals surface area contributed by atoms with E-state index in [0.717, 1.165) is 37.5 Å². The summed E-state index contributed by atoms with van der Waals surface area (Å²) < 4.78 is 6.62. The van der Waals surface area contributed by atoms with Crippen molar-refractivity contribution >= 4 is 27.5 Å². The van der Waals surface area contributed by atoms with Gasteiger partial charge in [0.2, 0.25) is 0 Å². The molecule has 0 aliphatic rings. The van der Waals surface area contributed by atoms with Crippen LogP contribution in [0.3, 0.4) is 0 Å². The molecule has 0 aromatic heterocycles. The van der Waals surface area contributed by atoms with E-state index in [4.69, 9.17) is 22.1 Å². The minimum Gasteiger partial charge on any atom is -0.496 e. The van der Waals surface area contributed by atoms with Crippen molar-refractivity contribution in [2.75, 3.05) is 7.11 Å². The lowest BCUT2D eigenvalue weighted by Gasteiger charge is -2.21. The van der Waals surface area contributed by atoms with E-state index < -0.39 is 0 Å². The summed E-state index contributed by atoms with van der Waals surface area (Å²) in [6.07, 6.45) is 0.716. The highest BCUT2D eigenvalue weighted by atomic mass is 79.9. The van der Waals surface area contributed by atoms with Gasteiger partial charge in [-0.1, -0.05) is 39.7 Å². The van der Waals surface area contributed by atoms with Gasteiger partial charge in [-0.3, -0.25) is 0 Å². The van der Waals surface area contributed by atoms with Crippen LogP contribution < -0.4 is 10.5 Å². The highest BCUT2D eigenvalue weighted by Crippen LogP contribution is 2.36. The molecule has 21 heavy (non-hydrogen) atoms. The van der Waals surface area contributed by atoms with E-state index in [1.807, 2.05) is 31.2 Å². The first kappa shape index (κ1) is 16.3. The summed E-state index contributed by atoms with van der Waals surface area (Å²) in [5.41, 5.74) is 10.8. The van der Waals surface area contributed by atoms with E-state index in [1.165, 1.54) is 0 Å². The van der Waals surface area contributed by atoms with Crippen molar-refractivity contribution in [3.05, 3.63) is 62.1 Å². The molecule has 2 aromatic rings. The number of methoxy groups -OCH3 is 1. The first-order valence-electron chi connectivity index (χ1n) is 6.77. The van der Waals surface area contributed by atoms with Gasteiger partial charge in [-0.2, -0.15) is 0 Å². The second-order valence-corrected chi connectivity index (χ2v) is 6.48. The molecule has 1 unspecified atom stereocenters. The van der Waals surface area contributed by atoms with Crippen molar-refractivity contribution in [3.63, 3.8) is 0 Å². The molecular formula is C17H19BrClNO. The Labute approximate surface area is 139 Å². The number of benzene rings is 2. The fourth-order valence-corrected chi connectivity index (χ4v) is 3.38. The van der Waals surface area contributed by atoms with Gasteiger partial charge in [0, 0.05) is 21.1 Å². The van der Waals surface area contributed by atoms with Crippen molar-refractivity contribution in [1.82, 2.24) is 0 Å². The average molecular weight is 369 g/mol. The molecule has 112 valence electrons. The minimum atomic E-state index is -0.144. The summed E-state index contributed by atoms with van der Waals surface area (Å²) in [4.78, 5) is 0. The first-order chi connectivity index (χ1) is 9.93. The molecule has 0 bridgehead atoms. The molecule has 0 aliphatic carbocycles. The topological polar surface area (TPSA) is 35.2 Å². The van der Waals surface area contributed by atoms with Crippen LogP contribution in [0.15, 0.2) is 34.8 Å². The Kier molecular flexibility index (Phi) is 5.31. The first-order valence-corrected chi connectivity index (χ1v) is 7.94. The van der Waals surface area contributed by atoms with E-state index in [0.29, 0.717) is 6.42 Å². The van der Waals surface area contributed by atoms with E-state index in [9.17, 15) is 0 Å². The quantitative estimate of drug-likeness (QED) is 0.827. The zero-order valence-electron chi connectivity index (χ0n) is 12.4. The van der Waals surface area contributed by atoms with Crippen LogP contribution in [-0.4, -0.2) is 7.11 Å². The fourth-order valence-electron chi connectivity index (χ4n) is 2.61. The Hall–Kier alpha value is -1.03. The van der Waals surface area contributed by atoms with Crippen LogP contribution in [0.25, 0.3) is 0 Å². The molecule has 2 nitrogen and oxygen atoms in total. The van der Waals surface area contributed by atoms with Gasteiger partial charge < -0.3 is 10.5 Å². The monoisotopic (exact) mass is 367 g/mol. The molecule has 1 atom stereocenters. The molecule has 0 saturated heterocycles. The fraction of sp³-hybridized carbons (Fsp3) is 0.294. The third-order valence-corrected chi connectivity index (χ3v) is 4.69. The summed E-state index contributed by atoms with van der Waals surface area (Å²) in [7, 11) is 1.69. The minimum absolute atomic E-state index is 0.144. The van der Waals surface area contributed by atoms with Crippen molar-refractivity contribution in [2.45, 2.75) is 26.3 Å². The zero-order valence-corrected chi connectivity index (χ0v) is 14.8. The second kappa shape index (κ2) is 6.82. The van der Waals surface area contributed by atoms with E-state index in [-0.39, 0.29) is 6.04 Å². The number of nitrogens with two attached hydrogens (primary N) is 1. The molecule has 4 heteroatoms. The highest BCUT2D eigenvalue weighted by molar-refractivity contribution is 9.10. The van der Waals surface area contributed by atoms with Gasteiger partial charge in [0.1, 0.15) is 5.75 Å². The predicted molar refractivity (Wildman–Crippen MR) is 92.3 cm³/mol. The van der Waals surface area contributed by atoms with E-state index in [1.54, 1.807) is 7.11 Å². The maximum Gasteiger partial charge on any atom is 0.126 e. The summed E-state index contributed by atoms with van der Waals surface area (Å²) in [5.74, 6) is 0.866. The number of hydrogen-bond acceptors (Lipinski definition) is 2. The average Bonchev–Trinajstić information content (AvgIpc) is 2.42. The number of halogens is 2. The number of hydrogen-bond donors (Lipinski definition) is 1. The van der Waals surface area contributed by atoms with Gasteiger partial charge in [-0.05, 0) is 55.2 Å². The normalized spacial score (nSPS) is 12.3. The lowest BCUT2D eigenvalue weighted by Crippen LogP contribution is -2.17. The van der Waals surface area contributed by atoms with Crippen LogP contribution in [0.2, 0.25) is 5.02 Å². The molecule has 0 fully saturated rings. The van der Waals surface area contributed by atoms with Crippen molar-refractivity contribution in [1.29, 1.82) is 0 Å². The molecule has 0 aliphatic heterocycles. The molecule has 2 N–H and O–H groups in total. The Bertz CT molecular complexity index is 657. The maximum atomic E-state index is 6.45. The SMILES string of the molecule is COc1c(C)cc(Br)c(C)c1C(N)Cc1cccc(Cl)c1. The standard InChI is InChI=1S/C17H19BrClNO/c1-10-7-14(18)11(2)16(17(10)21-3)15(20)9-12-5-4-6-13(19)8-12/h4-8,15H,9,20H2,1-3H3. The van der Waals surface area contributed by atoms with Crippen LogP contribution in [-0.2, 0) is 6.42 Å². The Morgan fingerprint density at radius 1 is 1.29 bits per heavy atom. The molecule has 0 amide bonds. The van der Waals surface area contributed by atoms with Gasteiger partial charge in [0.15, 0.2) is 0 Å². The number of rotatable bonds is 4. The van der Waals surface area contributed by atoms with Crippen LogP contribution in [0, 0.1) is 13.8 Å². The zero-order chi connectivity index (χ0) is 15.6. The Balaban J connectivity index is 2.41. The van der Waals surface area contributed by atoms with Crippen LogP contribution >= 0.6 is 27.5 Å². The van der Waals surface area contributed by atoms with Crippen LogP contribution in [0.4, 0.5) is 0 Å². The van der Waals surface area contributed by atoms with Crippen LogP contribution in [0.5, 0.6) is 5.75 Å². The molecular weight excluding hydrogens is 350 g/mol. The van der Waals surface area contributed by atoms with Gasteiger partial charge in [0.25, 0.3) is 0 Å². The highest BCUT2D eigenvalue weighted by Gasteiger charge is 2.19. The van der Waals surface area contributed by atoms with Gasteiger partial charge in [0.05, 0.1) is 7.11 Å². The third-order valence-electron chi connectivity index (χ3n) is 3.63. The largest absolute Gasteiger partial charge is 0.496 e. The summed E-state index contributed by atoms with van der Waals surface area (Å²) in [6.45, 7) is 4.08. The van der Waals surface area contributed by atoms with Gasteiger partial charge >= 0.3 is 0 Å². The molecule has 0 heterocycles. The van der Waals surface area contributed by atoms with E-state index in [2.05, 4.69) is 28.9 Å². The number of aryl methyl sites for hydroxylation is 1. The molecule has 2 rings (SSSR count). The van der Waals surface area contributed by atoms with Gasteiger partial charge in [-0.25, -0.2) is 0 Å². The summed E-state index contributed by atoms with van der Waals surface area (Å²) in [6, 6.07) is 9.72. The van der Waals surface area contributed by atoms with Crippen molar-refractivity contribution < 1.29 is 4.74 Å². The molecule has 0 spiro atoms. The molecule has 0 radical (unpaired) electrons. The second-order valence-electron chi connectivity index (χ2n) is 5.19. The van der Waals surface area contributed by atoms with Crippen molar-refractivity contribution in [3.8, 4) is 5.75 Å². The molecule has 2 aromatic carbocycles. The smallest absolute Gasteiger partial charge is 0.126 e. The summed E-state index contributed by atoms with van der Waals surface area (Å²) in [5, 5.41) is 0.730. The Morgan fingerprint density at radius 3 is 2.62 bits per heavy atom. The Morgan fingerprint density at radius 2 is 2.00 bits per heavy atom.